The van der Waals surface area contributed by atoms with Gasteiger partial charge in [-0.15, -0.1) is 0 Å². The summed E-state index contributed by atoms with van der Waals surface area (Å²) in [7, 11) is 0. The van der Waals surface area contributed by atoms with Gasteiger partial charge in [0.15, 0.2) is 0 Å². The molecule has 0 saturated carbocycles. The first-order chi connectivity index (χ1) is 22.0. The first kappa shape index (κ1) is 39.6. The number of aromatic nitrogens is 4. The summed E-state index contributed by atoms with van der Waals surface area (Å²) in [4.78, 5) is 25.2. The minimum absolute atomic E-state index is 0. The van der Waals surface area contributed by atoms with Gasteiger partial charge in [-0.3, -0.25) is 9.80 Å². The number of anilines is 2. The summed E-state index contributed by atoms with van der Waals surface area (Å²) in [6.07, 6.45) is 0. The number of halogens is 3. The Morgan fingerprint density at radius 3 is 1.54 bits per heavy atom. The molecule has 4 saturated heterocycles. The smallest absolute Gasteiger partial charge is 1.00 e. The predicted molar refractivity (Wildman–Crippen MR) is 173 cm³/mol. The summed E-state index contributed by atoms with van der Waals surface area (Å²) in [6.45, 7) is 15.5. The number of β-amino-alcohol motifs (C(OH)–C–C–N with tert-alkyl or cyclic N) is 1. The first-order valence-corrected chi connectivity index (χ1v) is 16.4. The van der Waals surface area contributed by atoms with E-state index in [1.54, 1.807) is 12.1 Å². The fraction of sp³-hybridized carbons (Fsp3) is 0.714. The molecule has 0 unspecified atom stereocenters. The Morgan fingerprint density at radius 1 is 0.630 bits per heavy atom. The molecule has 0 aromatic carbocycles. The summed E-state index contributed by atoms with van der Waals surface area (Å²) in [5.41, 5.74) is 0. The van der Waals surface area contributed by atoms with Crippen molar-refractivity contribution < 1.29 is 59.8 Å². The third-order valence-corrected chi connectivity index (χ3v) is 7.80. The van der Waals surface area contributed by atoms with Gasteiger partial charge in [0.25, 0.3) is 0 Å². The van der Waals surface area contributed by atoms with Crippen molar-refractivity contribution >= 4 is 46.4 Å². The standard InChI is InChI=1S/C14H21ClN4O3.C8H9Cl2N3O.C6H13NO2.Na.H/c15-12-11-13(19-4-8-21-9-5-19)17-14(16-12)22-10-3-18-1-6-20-7-2-18;9-6-5-7(12-8(10)11-6)13-1-3-14-4-2-13;8-4-1-7-2-5-9-6-3-7;;/h11H,1-10H2;5H,1-4H2;8H,1-6H2;;/q;;;+1;-1. The topological polar surface area (TPSA) is 131 Å². The molecule has 6 rings (SSSR count). The van der Waals surface area contributed by atoms with Gasteiger partial charge in [-0.2, -0.15) is 9.97 Å². The van der Waals surface area contributed by atoms with Crippen LogP contribution in [0, 0.1) is 0 Å². The average molecular weight is 718 g/mol. The largest absolute Gasteiger partial charge is 1.00 e. The van der Waals surface area contributed by atoms with Crippen LogP contribution in [0.25, 0.3) is 0 Å². The van der Waals surface area contributed by atoms with E-state index in [9.17, 15) is 0 Å². The van der Waals surface area contributed by atoms with E-state index in [2.05, 4.69) is 39.5 Å². The normalized spacial score (nSPS) is 19.2. The van der Waals surface area contributed by atoms with Crippen LogP contribution in [0.3, 0.4) is 0 Å². The fourth-order valence-electron chi connectivity index (χ4n) is 4.79. The summed E-state index contributed by atoms with van der Waals surface area (Å²) in [5.74, 6) is 1.56. The molecule has 0 bridgehead atoms. The first-order valence-electron chi connectivity index (χ1n) is 15.2. The van der Waals surface area contributed by atoms with Gasteiger partial charge in [0, 0.05) is 77.6 Å². The molecule has 1 N–H and O–H groups in total. The van der Waals surface area contributed by atoms with E-state index in [0.717, 1.165) is 104 Å². The van der Waals surface area contributed by atoms with Crippen molar-refractivity contribution in [2.75, 3.05) is 141 Å². The van der Waals surface area contributed by atoms with Crippen molar-refractivity contribution in [2.24, 2.45) is 0 Å². The van der Waals surface area contributed by atoms with Crippen molar-refractivity contribution in [3.8, 4) is 6.01 Å². The van der Waals surface area contributed by atoms with Crippen LogP contribution < -0.4 is 44.1 Å². The summed E-state index contributed by atoms with van der Waals surface area (Å²) < 4.78 is 26.7. The Balaban J connectivity index is 0.000000264. The second kappa shape index (κ2) is 22.7. The van der Waals surface area contributed by atoms with E-state index >= 15 is 0 Å². The van der Waals surface area contributed by atoms with Gasteiger partial charge in [0.1, 0.15) is 28.5 Å². The van der Waals surface area contributed by atoms with Crippen LogP contribution in [-0.4, -0.2) is 166 Å². The Bertz CT molecular complexity index is 1110. The molecule has 14 nitrogen and oxygen atoms in total. The average Bonchev–Trinajstić information content (AvgIpc) is 3.07. The molecular formula is C28H44Cl3N8NaO6. The van der Waals surface area contributed by atoms with Gasteiger partial charge in [0.05, 0.1) is 59.5 Å². The maximum Gasteiger partial charge on any atom is 1.00 e. The maximum atomic E-state index is 8.54. The van der Waals surface area contributed by atoms with E-state index in [1.807, 2.05) is 0 Å². The number of nitrogens with zero attached hydrogens (tertiary/aromatic N) is 8. The Kier molecular flexibility index (Phi) is 19.6. The summed E-state index contributed by atoms with van der Waals surface area (Å²) >= 11 is 17.6. The number of rotatable bonds is 8. The van der Waals surface area contributed by atoms with Crippen LogP contribution in [0.5, 0.6) is 6.01 Å². The van der Waals surface area contributed by atoms with Crippen LogP contribution in [0.4, 0.5) is 11.6 Å². The predicted octanol–water partition coefficient (Wildman–Crippen LogP) is -1.27. The number of hydrogen-bond acceptors (Lipinski definition) is 14. The molecular weight excluding hydrogens is 674 g/mol. The molecule has 0 spiro atoms. The molecule has 46 heavy (non-hydrogen) atoms. The second-order valence-electron chi connectivity index (χ2n) is 10.3. The Hall–Kier alpha value is -0.850. The third kappa shape index (κ3) is 14.7. The zero-order chi connectivity index (χ0) is 31.7. The Labute approximate surface area is 309 Å². The maximum absolute atomic E-state index is 8.54. The number of morpholine rings is 4. The second-order valence-corrected chi connectivity index (χ2v) is 11.4. The van der Waals surface area contributed by atoms with Crippen molar-refractivity contribution in [2.45, 2.75) is 0 Å². The fourth-order valence-corrected chi connectivity index (χ4v) is 5.36. The van der Waals surface area contributed by atoms with E-state index in [4.69, 9.17) is 63.6 Å². The van der Waals surface area contributed by atoms with Crippen LogP contribution in [0.1, 0.15) is 1.43 Å². The van der Waals surface area contributed by atoms with Crippen molar-refractivity contribution in [1.29, 1.82) is 0 Å². The molecule has 0 radical (unpaired) electrons. The van der Waals surface area contributed by atoms with Crippen LogP contribution in [0.2, 0.25) is 15.6 Å². The number of hydrogen-bond donors (Lipinski definition) is 1. The zero-order valence-corrected chi connectivity index (χ0v) is 30.8. The van der Waals surface area contributed by atoms with Crippen molar-refractivity contribution in [3.05, 3.63) is 27.7 Å². The minimum atomic E-state index is 0. The molecule has 0 amide bonds. The number of aliphatic hydroxyl groups is 1. The quantitative estimate of drug-likeness (QED) is 0.198. The molecule has 4 fully saturated rings. The van der Waals surface area contributed by atoms with Gasteiger partial charge in [-0.25, -0.2) is 9.97 Å². The number of ether oxygens (including phenoxy) is 5. The van der Waals surface area contributed by atoms with Crippen molar-refractivity contribution in [3.63, 3.8) is 0 Å². The van der Waals surface area contributed by atoms with Gasteiger partial charge < -0.3 is 40.0 Å². The molecule has 4 aliphatic heterocycles. The van der Waals surface area contributed by atoms with Gasteiger partial charge in [-0.05, 0) is 11.6 Å². The van der Waals surface area contributed by atoms with Crippen LogP contribution in [0.15, 0.2) is 12.1 Å². The molecule has 0 atom stereocenters. The zero-order valence-electron chi connectivity index (χ0n) is 27.5. The van der Waals surface area contributed by atoms with Crippen molar-refractivity contribution in [1.82, 2.24) is 29.7 Å². The minimum Gasteiger partial charge on any atom is -1.00 e. The molecule has 0 aliphatic carbocycles. The van der Waals surface area contributed by atoms with Gasteiger partial charge >= 0.3 is 35.6 Å². The molecule has 2 aromatic rings. The third-order valence-electron chi connectivity index (χ3n) is 7.25. The van der Waals surface area contributed by atoms with Crippen LogP contribution in [-0.2, 0) is 18.9 Å². The van der Waals surface area contributed by atoms with E-state index < -0.39 is 0 Å². The molecule has 2 aromatic heterocycles. The monoisotopic (exact) mass is 716 g/mol. The van der Waals surface area contributed by atoms with E-state index in [0.29, 0.717) is 49.4 Å². The SMILES string of the molecule is Clc1cc(N2CCOCC2)nc(Cl)n1.Clc1cc(N2CCOCC2)nc(OCCN2CCOCC2)n1.OCCN1CCOCC1.[H-].[Na+]. The molecule has 18 heteroatoms. The van der Waals surface area contributed by atoms with Gasteiger partial charge in [0.2, 0.25) is 5.28 Å². The molecule has 4 aliphatic rings. The summed E-state index contributed by atoms with van der Waals surface area (Å²) in [6, 6.07) is 3.81. The van der Waals surface area contributed by atoms with Crippen LogP contribution >= 0.6 is 34.8 Å². The number of aliphatic hydroxyl groups excluding tert-OH is 1. The molecule has 6 heterocycles. The Morgan fingerprint density at radius 2 is 1.07 bits per heavy atom. The molecule has 254 valence electrons. The summed E-state index contributed by atoms with van der Waals surface area (Å²) in [5, 5.41) is 9.48. The van der Waals surface area contributed by atoms with E-state index in [-0.39, 0.29) is 42.9 Å². The van der Waals surface area contributed by atoms with E-state index in [1.165, 1.54) is 0 Å². The van der Waals surface area contributed by atoms with Gasteiger partial charge in [-0.1, -0.05) is 23.2 Å².